The van der Waals surface area contributed by atoms with Crippen LogP contribution >= 0.6 is 0 Å². The van der Waals surface area contributed by atoms with Gasteiger partial charge in [-0.15, -0.1) is 0 Å². The van der Waals surface area contributed by atoms with Gasteiger partial charge in [-0.1, -0.05) is 42.5 Å². The van der Waals surface area contributed by atoms with Crippen molar-refractivity contribution >= 4 is 15.8 Å². The molecule has 140 valence electrons. The third kappa shape index (κ3) is 6.88. The zero-order valence-corrected chi connectivity index (χ0v) is 16.2. The van der Waals surface area contributed by atoms with Crippen molar-refractivity contribution < 1.29 is 8.42 Å². The Labute approximate surface area is 156 Å². The summed E-state index contributed by atoms with van der Waals surface area (Å²) in [6, 6.07) is 17.5. The van der Waals surface area contributed by atoms with Crippen molar-refractivity contribution in [3.8, 4) is 0 Å². The SMILES string of the molecule is CN=C(NCCCc1ccccc1)NCCc1ccc(S(C)(=O)=O)cc1. The van der Waals surface area contributed by atoms with E-state index in [0.717, 1.165) is 43.9 Å². The highest BCUT2D eigenvalue weighted by Gasteiger charge is 2.06. The van der Waals surface area contributed by atoms with Crippen LogP contribution < -0.4 is 10.6 Å². The van der Waals surface area contributed by atoms with E-state index in [1.807, 2.05) is 18.2 Å². The Balaban J connectivity index is 1.68. The average molecular weight is 374 g/mol. The summed E-state index contributed by atoms with van der Waals surface area (Å²) in [5.41, 5.74) is 2.43. The monoisotopic (exact) mass is 373 g/mol. The quantitative estimate of drug-likeness (QED) is 0.424. The Morgan fingerprint density at radius 3 is 2.12 bits per heavy atom. The van der Waals surface area contributed by atoms with Gasteiger partial charge in [0.1, 0.15) is 0 Å². The molecule has 0 aromatic heterocycles. The molecule has 0 radical (unpaired) electrons. The molecule has 2 rings (SSSR count). The number of aliphatic imine (C=N–C) groups is 1. The minimum absolute atomic E-state index is 0.352. The van der Waals surface area contributed by atoms with Crippen molar-refractivity contribution in [1.29, 1.82) is 0 Å². The van der Waals surface area contributed by atoms with E-state index in [0.29, 0.717) is 4.90 Å². The van der Waals surface area contributed by atoms with Crippen molar-refractivity contribution in [2.75, 3.05) is 26.4 Å². The zero-order chi connectivity index (χ0) is 18.8. The van der Waals surface area contributed by atoms with E-state index in [-0.39, 0.29) is 0 Å². The zero-order valence-electron chi connectivity index (χ0n) is 15.4. The summed E-state index contributed by atoms with van der Waals surface area (Å²) in [6.07, 6.45) is 4.10. The standard InChI is InChI=1S/C20H27N3O2S/c1-21-20(22-15-6-9-17-7-4-3-5-8-17)23-16-14-18-10-12-19(13-11-18)26(2,24)25/h3-5,7-8,10-13H,6,9,14-16H2,1-2H3,(H2,21,22,23). The Kier molecular flexibility index (Phi) is 7.66. The van der Waals surface area contributed by atoms with Crippen molar-refractivity contribution in [3.63, 3.8) is 0 Å². The first-order valence-electron chi connectivity index (χ1n) is 8.76. The van der Waals surface area contributed by atoms with E-state index in [4.69, 9.17) is 0 Å². The van der Waals surface area contributed by atoms with Crippen LogP contribution in [-0.4, -0.2) is 40.8 Å². The molecule has 0 spiro atoms. The number of guanidine groups is 1. The van der Waals surface area contributed by atoms with E-state index in [9.17, 15) is 8.42 Å². The Hall–Kier alpha value is -2.34. The average Bonchev–Trinajstić information content (AvgIpc) is 2.64. The lowest BCUT2D eigenvalue weighted by Crippen LogP contribution is -2.38. The third-order valence-electron chi connectivity index (χ3n) is 4.06. The second-order valence-corrected chi connectivity index (χ2v) is 8.20. The van der Waals surface area contributed by atoms with Gasteiger partial charge in [0.2, 0.25) is 0 Å². The van der Waals surface area contributed by atoms with E-state index >= 15 is 0 Å². The van der Waals surface area contributed by atoms with Gasteiger partial charge >= 0.3 is 0 Å². The summed E-state index contributed by atoms with van der Waals surface area (Å²) in [6.45, 7) is 1.59. The molecule has 0 amide bonds. The molecule has 0 bridgehead atoms. The molecule has 2 aromatic carbocycles. The molecule has 0 fully saturated rings. The van der Waals surface area contributed by atoms with Gasteiger partial charge in [-0.05, 0) is 42.5 Å². The molecule has 0 saturated carbocycles. The molecule has 0 heterocycles. The maximum absolute atomic E-state index is 11.5. The van der Waals surface area contributed by atoms with Crippen LogP contribution in [0.2, 0.25) is 0 Å². The number of hydrogen-bond acceptors (Lipinski definition) is 3. The van der Waals surface area contributed by atoms with Gasteiger partial charge in [-0.25, -0.2) is 8.42 Å². The van der Waals surface area contributed by atoms with Gasteiger partial charge in [0.15, 0.2) is 15.8 Å². The summed E-state index contributed by atoms with van der Waals surface area (Å²) < 4.78 is 22.9. The predicted molar refractivity (Wildman–Crippen MR) is 107 cm³/mol. The van der Waals surface area contributed by atoms with Crippen LogP contribution in [0, 0.1) is 0 Å². The smallest absolute Gasteiger partial charge is 0.190 e. The summed E-state index contributed by atoms with van der Waals surface area (Å²) in [5, 5.41) is 6.60. The van der Waals surface area contributed by atoms with Crippen LogP contribution in [0.25, 0.3) is 0 Å². The summed E-state index contributed by atoms with van der Waals surface area (Å²) in [4.78, 5) is 4.58. The number of rotatable bonds is 8. The van der Waals surface area contributed by atoms with Crippen LogP contribution in [0.3, 0.4) is 0 Å². The van der Waals surface area contributed by atoms with Gasteiger partial charge in [0.25, 0.3) is 0 Å². The van der Waals surface area contributed by atoms with E-state index in [1.54, 1.807) is 19.2 Å². The van der Waals surface area contributed by atoms with Crippen molar-refractivity contribution in [3.05, 3.63) is 65.7 Å². The van der Waals surface area contributed by atoms with Gasteiger partial charge in [0.05, 0.1) is 4.90 Å². The molecule has 5 nitrogen and oxygen atoms in total. The fraction of sp³-hybridized carbons (Fsp3) is 0.350. The first kappa shape index (κ1) is 20.0. The number of aryl methyl sites for hydroxylation is 1. The van der Waals surface area contributed by atoms with Crippen molar-refractivity contribution in [1.82, 2.24) is 10.6 Å². The van der Waals surface area contributed by atoms with Crippen LogP contribution in [-0.2, 0) is 22.7 Å². The molecule has 0 saturated heterocycles. The molecule has 0 unspecified atom stereocenters. The maximum Gasteiger partial charge on any atom is 0.190 e. The molecule has 0 aliphatic heterocycles. The molecule has 26 heavy (non-hydrogen) atoms. The minimum atomic E-state index is -3.14. The summed E-state index contributed by atoms with van der Waals surface area (Å²) in [7, 11) is -1.38. The normalized spacial score (nSPS) is 12.0. The minimum Gasteiger partial charge on any atom is -0.356 e. The molecule has 2 N–H and O–H groups in total. The van der Waals surface area contributed by atoms with Gasteiger partial charge in [-0.2, -0.15) is 0 Å². The fourth-order valence-corrected chi connectivity index (χ4v) is 3.22. The van der Waals surface area contributed by atoms with E-state index < -0.39 is 9.84 Å². The molecule has 0 atom stereocenters. The lowest BCUT2D eigenvalue weighted by Gasteiger charge is -2.12. The predicted octanol–water partition coefficient (Wildman–Crippen LogP) is 2.43. The van der Waals surface area contributed by atoms with Gasteiger partial charge in [-0.3, -0.25) is 4.99 Å². The maximum atomic E-state index is 11.5. The van der Waals surface area contributed by atoms with Crippen molar-refractivity contribution in [2.45, 2.75) is 24.2 Å². The van der Waals surface area contributed by atoms with Crippen LogP contribution in [0.1, 0.15) is 17.5 Å². The number of sulfone groups is 1. The molecule has 0 aliphatic carbocycles. The molecular formula is C20H27N3O2S. The summed E-state index contributed by atoms with van der Waals surface area (Å²) in [5.74, 6) is 0.783. The lowest BCUT2D eigenvalue weighted by molar-refractivity contribution is 0.602. The number of hydrogen-bond donors (Lipinski definition) is 2. The van der Waals surface area contributed by atoms with Crippen LogP contribution in [0.15, 0.2) is 64.5 Å². The second-order valence-electron chi connectivity index (χ2n) is 6.18. The third-order valence-corrected chi connectivity index (χ3v) is 5.19. The van der Waals surface area contributed by atoms with Gasteiger partial charge in [0, 0.05) is 26.4 Å². The second kappa shape index (κ2) is 9.97. The Bertz CT molecular complexity index is 801. The number of nitrogens with one attached hydrogen (secondary N) is 2. The van der Waals surface area contributed by atoms with Crippen LogP contribution in [0.5, 0.6) is 0 Å². The Morgan fingerprint density at radius 1 is 0.885 bits per heavy atom. The Morgan fingerprint density at radius 2 is 1.50 bits per heavy atom. The van der Waals surface area contributed by atoms with E-state index in [1.165, 1.54) is 11.8 Å². The largest absolute Gasteiger partial charge is 0.356 e. The first-order chi connectivity index (χ1) is 12.5. The lowest BCUT2D eigenvalue weighted by atomic mass is 10.1. The topological polar surface area (TPSA) is 70.6 Å². The van der Waals surface area contributed by atoms with Crippen LogP contribution in [0.4, 0.5) is 0 Å². The molecule has 2 aromatic rings. The first-order valence-corrected chi connectivity index (χ1v) is 10.7. The fourth-order valence-electron chi connectivity index (χ4n) is 2.59. The highest BCUT2D eigenvalue weighted by molar-refractivity contribution is 7.90. The molecule has 6 heteroatoms. The molecule has 0 aliphatic rings. The number of nitrogens with zero attached hydrogens (tertiary/aromatic N) is 1. The summed E-state index contributed by atoms with van der Waals surface area (Å²) >= 11 is 0. The number of benzene rings is 2. The highest BCUT2D eigenvalue weighted by atomic mass is 32.2. The van der Waals surface area contributed by atoms with E-state index in [2.05, 4.69) is 39.9 Å². The highest BCUT2D eigenvalue weighted by Crippen LogP contribution is 2.10. The van der Waals surface area contributed by atoms with Gasteiger partial charge < -0.3 is 10.6 Å². The molecular weight excluding hydrogens is 346 g/mol. The van der Waals surface area contributed by atoms with Crippen molar-refractivity contribution in [2.24, 2.45) is 4.99 Å².